The quantitative estimate of drug-likeness (QED) is 0.378. The maximum atomic E-state index is 13.2. The molecule has 5 rings (SSSR count). The van der Waals surface area contributed by atoms with Crippen molar-refractivity contribution >= 4 is 17.1 Å². The monoisotopic (exact) mass is 518 g/mol. The van der Waals surface area contributed by atoms with Gasteiger partial charge in [-0.1, -0.05) is 42.5 Å². The van der Waals surface area contributed by atoms with E-state index in [0.29, 0.717) is 36.0 Å². The van der Waals surface area contributed by atoms with Crippen LogP contribution in [0.5, 0.6) is 5.75 Å². The highest BCUT2D eigenvalue weighted by Crippen LogP contribution is 2.22. The average molecular weight is 519 g/mol. The number of hydrogen-bond donors (Lipinski definition) is 1. The number of rotatable bonds is 8. The third-order valence-corrected chi connectivity index (χ3v) is 7.06. The van der Waals surface area contributed by atoms with Crippen molar-refractivity contribution in [3.8, 4) is 5.75 Å². The molecule has 38 heavy (non-hydrogen) atoms. The van der Waals surface area contributed by atoms with Gasteiger partial charge in [0.1, 0.15) is 18.5 Å². The van der Waals surface area contributed by atoms with Gasteiger partial charge in [0.05, 0.1) is 6.54 Å². The van der Waals surface area contributed by atoms with Gasteiger partial charge in [0.15, 0.2) is 11.2 Å². The van der Waals surface area contributed by atoms with Crippen molar-refractivity contribution < 1.29 is 9.84 Å². The van der Waals surface area contributed by atoms with Crippen LogP contribution in [-0.4, -0.2) is 67.6 Å². The highest BCUT2D eigenvalue weighted by Gasteiger charge is 2.27. The van der Waals surface area contributed by atoms with Gasteiger partial charge in [-0.15, -0.1) is 0 Å². The van der Waals surface area contributed by atoms with Gasteiger partial charge in [-0.05, 0) is 30.2 Å². The molecule has 10 heteroatoms. The van der Waals surface area contributed by atoms with Crippen LogP contribution in [0.2, 0.25) is 0 Å². The summed E-state index contributed by atoms with van der Waals surface area (Å²) in [6.45, 7) is 6.08. The van der Waals surface area contributed by atoms with Gasteiger partial charge in [0.25, 0.3) is 5.56 Å². The first kappa shape index (κ1) is 25.7. The van der Waals surface area contributed by atoms with Crippen LogP contribution in [0.3, 0.4) is 0 Å². The van der Waals surface area contributed by atoms with Crippen LogP contribution in [0.15, 0.2) is 64.2 Å². The second-order valence-electron chi connectivity index (χ2n) is 9.93. The van der Waals surface area contributed by atoms with Crippen LogP contribution in [0.1, 0.15) is 11.1 Å². The summed E-state index contributed by atoms with van der Waals surface area (Å²) in [5.41, 5.74) is 2.07. The lowest BCUT2D eigenvalue weighted by Gasteiger charge is -2.35. The first-order valence-corrected chi connectivity index (χ1v) is 12.9. The summed E-state index contributed by atoms with van der Waals surface area (Å²) in [5, 5.41) is 10.9. The van der Waals surface area contributed by atoms with Gasteiger partial charge in [0.2, 0.25) is 5.95 Å². The fourth-order valence-corrected chi connectivity index (χ4v) is 4.96. The predicted molar refractivity (Wildman–Crippen MR) is 147 cm³/mol. The molecule has 1 aliphatic heterocycles. The molecule has 2 aromatic carbocycles. The molecule has 1 aliphatic rings. The number of nitrogens with zero attached hydrogens (tertiary/aromatic N) is 6. The molecular weight excluding hydrogens is 484 g/mol. The smallest absolute Gasteiger partial charge is 0.332 e. The molecule has 200 valence electrons. The second-order valence-corrected chi connectivity index (χ2v) is 9.93. The molecule has 1 N–H and O–H groups in total. The summed E-state index contributed by atoms with van der Waals surface area (Å²) in [6, 6.07) is 18.0. The van der Waals surface area contributed by atoms with Gasteiger partial charge in [-0.25, -0.2) is 4.79 Å². The maximum absolute atomic E-state index is 13.2. The number of aliphatic hydroxyl groups is 1. The number of ether oxygens (including phenoxy) is 1. The van der Waals surface area contributed by atoms with E-state index in [-0.39, 0.29) is 13.2 Å². The molecule has 2 aromatic heterocycles. The van der Waals surface area contributed by atoms with Crippen molar-refractivity contribution in [2.45, 2.75) is 26.1 Å². The summed E-state index contributed by atoms with van der Waals surface area (Å²) >= 11 is 0. The zero-order chi connectivity index (χ0) is 26.8. The van der Waals surface area contributed by atoms with Crippen molar-refractivity contribution in [1.82, 2.24) is 23.6 Å². The Bertz CT molecular complexity index is 1530. The van der Waals surface area contributed by atoms with Crippen LogP contribution in [0.25, 0.3) is 11.2 Å². The van der Waals surface area contributed by atoms with E-state index >= 15 is 0 Å². The molecule has 1 saturated heterocycles. The van der Waals surface area contributed by atoms with Crippen molar-refractivity contribution in [1.29, 1.82) is 0 Å². The number of aryl methyl sites for hydroxylation is 2. The maximum Gasteiger partial charge on any atom is 0.332 e. The van der Waals surface area contributed by atoms with Gasteiger partial charge < -0.3 is 19.3 Å². The molecule has 0 spiro atoms. The lowest BCUT2D eigenvalue weighted by atomic mass is 10.2. The summed E-state index contributed by atoms with van der Waals surface area (Å²) < 4.78 is 10.0. The molecule has 0 saturated carbocycles. The Kier molecular flexibility index (Phi) is 7.35. The van der Waals surface area contributed by atoms with E-state index in [4.69, 9.17) is 9.72 Å². The fourth-order valence-electron chi connectivity index (χ4n) is 4.96. The Labute approximate surface area is 220 Å². The molecular formula is C28H34N6O4. The molecule has 1 fully saturated rings. The number of imidazole rings is 1. The lowest BCUT2D eigenvalue weighted by molar-refractivity contribution is 0.0934. The minimum atomic E-state index is -0.895. The molecule has 0 aliphatic carbocycles. The van der Waals surface area contributed by atoms with Gasteiger partial charge in [-0.2, -0.15) is 4.98 Å². The third-order valence-electron chi connectivity index (χ3n) is 7.06. The van der Waals surface area contributed by atoms with Gasteiger partial charge in [0, 0.05) is 46.8 Å². The molecule has 0 amide bonds. The lowest BCUT2D eigenvalue weighted by Crippen LogP contribution is -2.47. The summed E-state index contributed by atoms with van der Waals surface area (Å²) in [4.78, 5) is 35.1. The number of anilines is 1. The second kappa shape index (κ2) is 10.8. The van der Waals surface area contributed by atoms with Crippen LogP contribution >= 0.6 is 0 Å². The van der Waals surface area contributed by atoms with E-state index < -0.39 is 17.4 Å². The van der Waals surface area contributed by atoms with Crippen molar-refractivity contribution in [3.05, 3.63) is 86.6 Å². The first-order valence-electron chi connectivity index (χ1n) is 12.9. The Morgan fingerprint density at radius 1 is 0.974 bits per heavy atom. The van der Waals surface area contributed by atoms with Gasteiger partial charge in [-0.3, -0.25) is 18.8 Å². The van der Waals surface area contributed by atoms with E-state index in [2.05, 4.69) is 21.9 Å². The molecule has 1 unspecified atom stereocenters. The van der Waals surface area contributed by atoms with Crippen LogP contribution in [-0.2, 0) is 27.2 Å². The van der Waals surface area contributed by atoms with E-state index in [9.17, 15) is 14.7 Å². The molecule has 0 bridgehead atoms. The zero-order valence-electron chi connectivity index (χ0n) is 22.1. The van der Waals surface area contributed by atoms with E-state index in [0.717, 1.165) is 29.8 Å². The zero-order valence-corrected chi connectivity index (χ0v) is 22.1. The average Bonchev–Trinajstić information content (AvgIpc) is 3.29. The number of fused-ring (bicyclic) bond motifs is 1. The largest absolute Gasteiger partial charge is 0.491 e. The molecule has 3 heterocycles. The molecule has 4 aromatic rings. The topological polar surface area (TPSA) is 97.8 Å². The highest BCUT2D eigenvalue weighted by molar-refractivity contribution is 5.74. The summed E-state index contributed by atoms with van der Waals surface area (Å²) in [6.07, 6.45) is -0.895. The number of benzene rings is 2. The Hall–Kier alpha value is -3.89. The number of aliphatic hydroxyl groups excluding tert-OH is 1. The van der Waals surface area contributed by atoms with Crippen molar-refractivity contribution in [2.24, 2.45) is 14.1 Å². The Balaban J connectivity index is 1.41. The van der Waals surface area contributed by atoms with Crippen molar-refractivity contribution in [2.75, 3.05) is 37.7 Å². The standard InChI is InChI=1S/C28H34N6O4/c1-20-8-7-11-23(16-20)38-19-22(35)18-34-24-25(30(2)28(37)31(3)26(24)36)29-27(34)33-14-12-32(13-15-33)17-21-9-5-4-6-10-21/h4-11,16,22,35H,12-15,17-19H2,1-3H3. The van der Waals surface area contributed by atoms with E-state index in [1.54, 1.807) is 11.6 Å². The minimum Gasteiger partial charge on any atom is -0.491 e. The van der Waals surface area contributed by atoms with Crippen LogP contribution in [0.4, 0.5) is 5.95 Å². The highest BCUT2D eigenvalue weighted by atomic mass is 16.5. The Morgan fingerprint density at radius 3 is 2.42 bits per heavy atom. The van der Waals surface area contributed by atoms with Crippen LogP contribution < -0.4 is 20.9 Å². The normalized spacial score (nSPS) is 15.2. The SMILES string of the molecule is Cc1cccc(OCC(O)Cn2c(N3CCN(Cc4ccccc4)CC3)nc3c2c(=O)n(C)c(=O)n3C)c1. The molecule has 10 nitrogen and oxygen atoms in total. The van der Waals surface area contributed by atoms with Crippen molar-refractivity contribution in [3.63, 3.8) is 0 Å². The minimum absolute atomic E-state index is 0.0551. The first-order chi connectivity index (χ1) is 18.3. The Morgan fingerprint density at radius 2 is 1.71 bits per heavy atom. The van der Waals surface area contributed by atoms with E-state index in [1.165, 1.54) is 17.2 Å². The fraction of sp³-hybridized carbons (Fsp3) is 0.393. The number of hydrogen-bond acceptors (Lipinski definition) is 7. The number of aromatic nitrogens is 4. The summed E-state index contributed by atoms with van der Waals surface area (Å²) in [5.74, 6) is 1.25. The van der Waals surface area contributed by atoms with Crippen LogP contribution in [0, 0.1) is 6.92 Å². The third kappa shape index (κ3) is 5.23. The van der Waals surface area contributed by atoms with E-state index in [1.807, 2.05) is 49.4 Å². The number of piperazine rings is 1. The predicted octanol–water partition coefficient (Wildman–Crippen LogP) is 1.50. The molecule has 1 atom stereocenters. The van der Waals surface area contributed by atoms with Gasteiger partial charge >= 0.3 is 5.69 Å². The summed E-state index contributed by atoms with van der Waals surface area (Å²) in [7, 11) is 3.07. The molecule has 0 radical (unpaired) electrons.